The Morgan fingerprint density at radius 3 is 2.89 bits per heavy atom. The molecule has 0 aromatic carbocycles. The van der Waals surface area contributed by atoms with Gasteiger partial charge < -0.3 is 5.32 Å². The van der Waals surface area contributed by atoms with E-state index in [1.165, 1.54) is 25.7 Å². The number of nitrogens with one attached hydrogen (secondary N) is 1. The molecule has 1 fully saturated rings. The largest absolute Gasteiger partial charge is 0.310 e. The second kappa shape index (κ2) is 6.32. The highest BCUT2D eigenvalue weighted by Gasteiger charge is 2.20. The Morgan fingerprint density at radius 1 is 1.39 bits per heavy atom. The van der Waals surface area contributed by atoms with Gasteiger partial charge in [0.2, 0.25) is 0 Å². The molecule has 0 bridgehead atoms. The van der Waals surface area contributed by atoms with Crippen molar-refractivity contribution in [3.05, 3.63) is 12.2 Å². The monoisotopic (exact) mass is 250 g/mol. The van der Waals surface area contributed by atoms with Crippen LogP contribution in [0.2, 0.25) is 0 Å². The van der Waals surface area contributed by atoms with Crippen LogP contribution in [0.3, 0.4) is 0 Å². The van der Waals surface area contributed by atoms with E-state index >= 15 is 0 Å². The fraction of sp³-hybridized carbons (Fsp3) is 0.857. The van der Waals surface area contributed by atoms with Gasteiger partial charge in [-0.15, -0.1) is 0 Å². The predicted molar refractivity (Wildman–Crippen MR) is 73.2 cm³/mol. The second-order valence-corrected chi connectivity index (χ2v) is 5.87. The van der Waals surface area contributed by atoms with Crippen LogP contribution in [-0.2, 0) is 6.54 Å². The molecular formula is C14H26N4. The van der Waals surface area contributed by atoms with Crippen LogP contribution in [0.1, 0.15) is 58.3 Å². The Balaban J connectivity index is 1.79. The minimum Gasteiger partial charge on any atom is -0.310 e. The summed E-state index contributed by atoms with van der Waals surface area (Å²) in [5.74, 6) is 2.76. The van der Waals surface area contributed by atoms with Crippen LogP contribution in [0.25, 0.3) is 0 Å². The molecule has 1 saturated carbocycles. The van der Waals surface area contributed by atoms with E-state index in [4.69, 9.17) is 0 Å². The molecule has 0 saturated heterocycles. The summed E-state index contributed by atoms with van der Waals surface area (Å²) in [5.41, 5.74) is 0. The molecule has 0 amide bonds. The van der Waals surface area contributed by atoms with Crippen molar-refractivity contribution in [3.8, 4) is 0 Å². The zero-order valence-electron chi connectivity index (χ0n) is 11.9. The van der Waals surface area contributed by atoms with E-state index in [2.05, 4.69) is 36.2 Å². The van der Waals surface area contributed by atoms with E-state index in [0.717, 1.165) is 30.7 Å². The lowest BCUT2D eigenvalue weighted by Gasteiger charge is -2.28. The Kier molecular flexibility index (Phi) is 4.75. The zero-order valence-corrected chi connectivity index (χ0v) is 11.9. The molecule has 0 radical (unpaired) electrons. The van der Waals surface area contributed by atoms with Gasteiger partial charge in [0, 0.05) is 6.04 Å². The third-order valence-corrected chi connectivity index (χ3v) is 4.12. The van der Waals surface area contributed by atoms with Crippen LogP contribution < -0.4 is 5.32 Å². The number of nitrogens with zero attached hydrogens (tertiary/aromatic N) is 3. The van der Waals surface area contributed by atoms with Gasteiger partial charge in [0.05, 0.1) is 6.54 Å². The molecule has 1 aromatic rings. The lowest BCUT2D eigenvalue weighted by Crippen LogP contribution is -2.30. The molecule has 1 N–H and O–H groups in total. The highest BCUT2D eigenvalue weighted by atomic mass is 15.3. The van der Waals surface area contributed by atoms with Gasteiger partial charge in [-0.05, 0) is 38.6 Å². The molecule has 4 nitrogen and oxygen atoms in total. The standard InChI is InChI=1S/C14H26N4/c1-11(2)18-14(16-10-17-18)9-15-8-13-7-5-4-6-12(13)3/h10-13,15H,4-9H2,1-3H3. The van der Waals surface area contributed by atoms with E-state index in [9.17, 15) is 0 Å². The van der Waals surface area contributed by atoms with Crippen LogP contribution in [0.5, 0.6) is 0 Å². The summed E-state index contributed by atoms with van der Waals surface area (Å²) in [6.45, 7) is 8.62. The molecular weight excluding hydrogens is 224 g/mol. The zero-order chi connectivity index (χ0) is 13.0. The first-order valence-corrected chi connectivity index (χ1v) is 7.27. The van der Waals surface area contributed by atoms with Crippen LogP contribution in [0.4, 0.5) is 0 Å². The molecule has 102 valence electrons. The summed E-state index contributed by atoms with van der Waals surface area (Å²) in [6, 6.07) is 0.387. The van der Waals surface area contributed by atoms with Gasteiger partial charge in [-0.1, -0.05) is 26.2 Å². The molecule has 2 rings (SSSR count). The molecule has 0 spiro atoms. The van der Waals surface area contributed by atoms with E-state index in [0.29, 0.717) is 6.04 Å². The third-order valence-electron chi connectivity index (χ3n) is 4.12. The summed E-state index contributed by atoms with van der Waals surface area (Å²) >= 11 is 0. The van der Waals surface area contributed by atoms with Crippen LogP contribution >= 0.6 is 0 Å². The Hall–Kier alpha value is -0.900. The van der Waals surface area contributed by atoms with Crippen molar-refractivity contribution in [2.45, 2.75) is 59.0 Å². The molecule has 1 aliphatic carbocycles. The summed E-state index contributed by atoms with van der Waals surface area (Å²) in [4.78, 5) is 4.33. The summed E-state index contributed by atoms with van der Waals surface area (Å²) < 4.78 is 2.00. The molecule has 2 atom stereocenters. The topological polar surface area (TPSA) is 42.7 Å². The van der Waals surface area contributed by atoms with Gasteiger partial charge in [0.25, 0.3) is 0 Å². The first kappa shape index (κ1) is 13.5. The van der Waals surface area contributed by atoms with Crippen molar-refractivity contribution < 1.29 is 0 Å². The minimum atomic E-state index is 0.387. The van der Waals surface area contributed by atoms with Crippen molar-refractivity contribution in [2.24, 2.45) is 11.8 Å². The first-order chi connectivity index (χ1) is 8.68. The Bertz CT molecular complexity index is 358. The van der Waals surface area contributed by atoms with Crippen LogP contribution in [0, 0.1) is 11.8 Å². The van der Waals surface area contributed by atoms with Crippen LogP contribution in [0.15, 0.2) is 6.33 Å². The van der Waals surface area contributed by atoms with E-state index < -0.39 is 0 Å². The van der Waals surface area contributed by atoms with Gasteiger partial charge in [-0.3, -0.25) is 0 Å². The lowest BCUT2D eigenvalue weighted by molar-refractivity contribution is 0.246. The van der Waals surface area contributed by atoms with Crippen molar-refractivity contribution in [1.29, 1.82) is 0 Å². The summed E-state index contributed by atoms with van der Waals surface area (Å²) in [7, 11) is 0. The number of hydrogen-bond acceptors (Lipinski definition) is 3. The van der Waals surface area contributed by atoms with Gasteiger partial charge in [0.15, 0.2) is 0 Å². The van der Waals surface area contributed by atoms with Crippen molar-refractivity contribution in [3.63, 3.8) is 0 Å². The fourth-order valence-electron chi connectivity index (χ4n) is 2.90. The smallest absolute Gasteiger partial charge is 0.141 e. The predicted octanol–water partition coefficient (Wildman–Crippen LogP) is 2.77. The van der Waals surface area contributed by atoms with E-state index in [1.807, 2.05) is 4.68 Å². The minimum absolute atomic E-state index is 0.387. The van der Waals surface area contributed by atoms with Gasteiger partial charge in [0.1, 0.15) is 12.2 Å². The van der Waals surface area contributed by atoms with E-state index in [-0.39, 0.29) is 0 Å². The molecule has 1 heterocycles. The van der Waals surface area contributed by atoms with Crippen molar-refractivity contribution >= 4 is 0 Å². The second-order valence-electron chi connectivity index (χ2n) is 5.87. The van der Waals surface area contributed by atoms with Gasteiger partial charge in [-0.25, -0.2) is 9.67 Å². The van der Waals surface area contributed by atoms with Crippen molar-refractivity contribution in [2.75, 3.05) is 6.54 Å². The number of rotatable bonds is 5. The molecule has 18 heavy (non-hydrogen) atoms. The SMILES string of the molecule is CC1CCCCC1CNCc1ncnn1C(C)C. The maximum absolute atomic E-state index is 4.33. The van der Waals surface area contributed by atoms with Gasteiger partial charge >= 0.3 is 0 Å². The number of hydrogen-bond donors (Lipinski definition) is 1. The molecule has 4 heteroatoms. The normalized spacial score (nSPS) is 24.7. The summed E-state index contributed by atoms with van der Waals surface area (Å²) in [5, 5.41) is 7.82. The fourth-order valence-corrected chi connectivity index (χ4v) is 2.90. The molecule has 2 unspecified atom stereocenters. The highest BCUT2D eigenvalue weighted by Crippen LogP contribution is 2.28. The maximum atomic E-state index is 4.33. The van der Waals surface area contributed by atoms with Gasteiger partial charge in [-0.2, -0.15) is 5.10 Å². The third kappa shape index (κ3) is 3.31. The van der Waals surface area contributed by atoms with Crippen molar-refractivity contribution in [1.82, 2.24) is 20.1 Å². The average Bonchev–Trinajstić information content (AvgIpc) is 2.80. The average molecular weight is 250 g/mol. The molecule has 1 aliphatic rings. The van der Waals surface area contributed by atoms with Crippen LogP contribution in [-0.4, -0.2) is 21.3 Å². The number of aromatic nitrogens is 3. The Morgan fingerprint density at radius 2 is 2.17 bits per heavy atom. The highest BCUT2D eigenvalue weighted by molar-refractivity contribution is 4.86. The molecule has 1 aromatic heterocycles. The quantitative estimate of drug-likeness (QED) is 0.874. The lowest BCUT2D eigenvalue weighted by atomic mass is 9.80. The molecule has 0 aliphatic heterocycles. The Labute approximate surface area is 110 Å². The maximum Gasteiger partial charge on any atom is 0.141 e. The first-order valence-electron chi connectivity index (χ1n) is 7.27. The van der Waals surface area contributed by atoms with E-state index in [1.54, 1.807) is 6.33 Å². The summed E-state index contributed by atoms with van der Waals surface area (Å²) in [6.07, 6.45) is 7.25.